The molecule has 1 unspecified atom stereocenters. The summed E-state index contributed by atoms with van der Waals surface area (Å²) in [6.45, 7) is 2.87. The van der Waals surface area contributed by atoms with Gasteiger partial charge in [0.05, 0.1) is 0 Å². The van der Waals surface area contributed by atoms with Crippen molar-refractivity contribution in [3.8, 4) is 0 Å². The second kappa shape index (κ2) is 5.55. The smallest absolute Gasteiger partial charge is 0.0106 e. The second-order valence-corrected chi connectivity index (χ2v) is 3.25. The van der Waals surface area contributed by atoms with E-state index in [1.807, 2.05) is 12.1 Å². The molecule has 0 spiro atoms. The first-order chi connectivity index (χ1) is 6.34. The predicted octanol–water partition coefficient (Wildman–Crippen LogP) is 2.70. The van der Waals surface area contributed by atoms with Crippen LogP contribution in [-0.4, -0.2) is 6.54 Å². The van der Waals surface area contributed by atoms with Crippen LogP contribution in [0.25, 0.3) is 0 Å². The van der Waals surface area contributed by atoms with Crippen molar-refractivity contribution in [2.45, 2.75) is 19.3 Å². The molecule has 0 amide bonds. The summed E-state index contributed by atoms with van der Waals surface area (Å²) in [5.74, 6) is 0.587. The maximum Gasteiger partial charge on any atom is 0.0106 e. The van der Waals surface area contributed by atoms with Gasteiger partial charge in [-0.05, 0) is 17.9 Å². The van der Waals surface area contributed by atoms with Gasteiger partial charge in [0.2, 0.25) is 0 Å². The monoisotopic (exact) mass is 175 g/mol. The molecule has 70 valence electrons. The van der Waals surface area contributed by atoms with E-state index in [1.165, 1.54) is 5.56 Å². The highest BCUT2D eigenvalue weighted by Crippen LogP contribution is 2.18. The minimum absolute atomic E-state index is 0.587. The minimum atomic E-state index is 0.587. The summed E-state index contributed by atoms with van der Waals surface area (Å²) >= 11 is 0. The lowest BCUT2D eigenvalue weighted by Crippen LogP contribution is -1.94. The van der Waals surface area contributed by atoms with Gasteiger partial charge in [-0.3, -0.25) is 0 Å². The topological polar surface area (TPSA) is 26.0 Å². The van der Waals surface area contributed by atoms with Crippen LogP contribution in [0.4, 0.5) is 0 Å². The van der Waals surface area contributed by atoms with E-state index in [9.17, 15) is 0 Å². The molecule has 0 aliphatic rings. The first-order valence-corrected chi connectivity index (χ1v) is 4.74. The average Bonchev–Trinajstić information content (AvgIpc) is 2.19. The molecule has 13 heavy (non-hydrogen) atoms. The Morgan fingerprint density at radius 1 is 1.23 bits per heavy atom. The van der Waals surface area contributed by atoms with E-state index < -0.39 is 0 Å². The molecule has 1 heteroatoms. The standard InChI is InChI=1S/C12H17N/c1-11(7-5-6-10-13)12-8-3-2-4-9-12/h2-6,8-9,11H,7,10,13H2,1H3/b6-5+. The Morgan fingerprint density at radius 3 is 2.54 bits per heavy atom. The molecule has 2 N–H and O–H groups in total. The predicted molar refractivity (Wildman–Crippen MR) is 57.7 cm³/mol. The summed E-state index contributed by atoms with van der Waals surface area (Å²) in [6, 6.07) is 10.5. The summed E-state index contributed by atoms with van der Waals surface area (Å²) in [7, 11) is 0. The van der Waals surface area contributed by atoms with Crippen molar-refractivity contribution in [1.82, 2.24) is 0 Å². The molecule has 1 rings (SSSR count). The van der Waals surface area contributed by atoms with Crippen molar-refractivity contribution in [3.63, 3.8) is 0 Å². The van der Waals surface area contributed by atoms with Crippen molar-refractivity contribution in [3.05, 3.63) is 48.0 Å². The number of rotatable bonds is 4. The lowest BCUT2D eigenvalue weighted by atomic mass is 9.98. The van der Waals surface area contributed by atoms with Gasteiger partial charge in [-0.1, -0.05) is 49.4 Å². The van der Waals surface area contributed by atoms with Gasteiger partial charge in [0, 0.05) is 6.54 Å². The maximum absolute atomic E-state index is 5.37. The van der Waals surface area contributed by atoms with Gasteiger partial charge >= 0.3 is 0 Å². The molecule has 0 bridgehead atoms. The van der Waals surface area contributed by atoms with E-state index in [2.05, 4.69) is 37.3 Å². The van der Waals surface area contributed by atoms with Crippen LogP contribution >= 0.6 is 0 Å². The molecule has 0 aliphatic carbocycles. The molecule has 0 aromatic heterocycles. The van der Waals surface area contributed by atoms with E-state index in [-0.39, 0.29) is 0 Å². The van der Waals surface area contributed by atoms with Crippen molar-refractivity contribution >= 4 is 0 Å². The molecular formula is C12H17N. The number of hydrogen-bond donors (Lipinski definition) is 1. The molecule has 0 heterocycles. The number of allylic oxidation sites excluding steroid dienone is 1. The van der Waals surface area contributed by atoms with Crippen LogP contribution in [-0.2, 0) is 0 Å². The molecule has 0 aliphatic heterocycles. The summed E-state index contributed by atoms with van der Waals surface area (Å²) in [6.07, 6.45) is 5.23. The van der Waals surface area contributed by atoms with Gasteiger partial charge in [-0.15, -0.1) is 0 Å². The second-order valence-electron chi connectivity index (χ2n) is 3.25. The van der Waals surface area contributed by atoms with Gasteiger partial charge in [-0.2, -0.15) is 0 Å². The first kappa shape index (κ1) is 10.0. The van der Waals surface area contributed by atoms with Crippen LogP contribution in [0, 0.1) is 0 Å². The Balaban J connectivity index is 2.49. The van der Waals surface area contributed by atoms with E-state index in [0.29, 0.717) is 12.5 Å². The van der Waals surface area contributed by atoms with Crippen molar-refractivity contribution in [2.24, 2.45) is 5.73 Å². The first-order valence-electron chi connectivity index (χ1n) is 4.74. The highest BCUT2D eigenvalue weighted by Gasteiger charge is 2.00. The largest absolute Gasteiger partial charge is 0.327 e. The highest BCUT2D eigenvalue weighted by molar-refractivity contribution is 5.19. The molecule has 1 atom stereocenters. The number of nitrogens with two attached hydrogens (primary N) is 1. The fourth-order valence-electron chi connectivity index (χ4n) is 1.31. The summed E-state index contributed by atoms with van der Waals surface area (Å²) in [4.78, 5) is 0. The fraction of sp³-hybridized carbons (Fsp3) is 0.333. The van der Waals surface area contributed by atoms with Crippen molar-refractivity contribution < 1.29 is 0 Å². The van der Waals surface area contributed by atoms with E-state index in [1.54, 1.807) is 0 Å². The zero-order valence-electron chi connectivity index (χ0n) is 8.11. The van der Waals surface area contributed by atoms with Crippen LogP contribution in [0.2, 0.25) is 0 Å². The fourth-order valence-corrected chi connectivity index (χ4v) is 1.31. The average molecular weight is 175 g/mol. The van der Waals surface area contributed by atoms with Crippen LogP contribution in [0.1, 0.15) is 24.8 Å². The molecule has 0 radical (unpaired) electrons. The van der Waals surface area contributed by atoms with Crippen LogP contribution in [0.15, 0.2) is 42.5 Å². The Kier molecular flexibility index (Phi) is 4.27. The van der Waals surface area contributed by atoms with Gasteiger partial charge in [0.15, 0.2) is 0 Å². The van der Waals surface area contributed by atoms with Crippen LogP contribution in [0.3, 0.4) is 0 Å². The Labute approximate surface area is 80.3 Å². The Bertz CT molecular complexity index is 251. The van der Waals surface area contributed by atoms with Crippen molar-refractivity contribution in [2.75, 3.05) is 6.54 Å². The molecule has 0 saturated heterocycles. The molecular weight excluding hydrogens is 158 g/mol. The lowest BCUT2D eigenvalue weighted by Gasteiger charge is -2.07. The van der Waals surface area contributed by atoms with E-state index >= 15 is 0 Å². The number of benzene rings is 1. The van der Waals surface area contributed by atoms with Gasteiger partial charge in [0.25, 0.3) is 0 Å². The highest BCUT2D eigenvalue weighted by atomic mass is 14.5. The molecule has 1 nitrogen and oxygen atoms in total. The lowest BCUT2D eigenvalue weighted by molar-refractivity contribution is 0.779. The van der Waals surface area contributed by atoms with Gasteiger partial charge < -0.3 is 5.73 Å². The molecule has 0 fully saturated rings. The summed E-state index contributed by atoms with van der Waals surface area (Å²) in [5, 5.41) is 0. The Hall–Kier alpha value is -1.08. The van der Waals surface area contributed by atoms with E-state index in [4.69, 9.17) is 5.73 Å². The van der Waals surface area contributed by atoms with Gasteiger partial charge in [0.1, 0.15) is 0 Å². The Morgan fingerprint density at radius 2 is 1.92 bits per heavy atom. The molecule has 0 saturated carbocycles. The third-order valence-electron chi connectivity index (χ3n) is 2.16. The van der Waals surface area contributed by atoms with E-state index in [0.717, 1.165) is 6.42 Å². The molecule has 1 aromatic carbocycles. The summed E-state index contributed by atoms with van der Waals surface area (Å²) in [5.41, 5.74) is 6.76. The normalized spacial score (nSPS) is 13.4. The summed E-state index contributed by atoms with van der Waals surface area (Å²) < 4.78 is 0. The molecule has 1 aromatic rings. The maximum atomic E-state index is 5.37. The SMILES string of the molecule is CC(C/C=C/CN)c1ccccc1. The minimum Gasteiger partial charge on any atom is -0.327 e. The third kappa shape index (κ3) is 3.43. The van der Waals surface area contributed by atoms with Gasteiger partial charge in [-0.25, -0.2) is 0 Å². The zero-order chi connectivity index (χ0) is 9.52. The van der Waals surface area contributed by atoms with Crippen LogP contribution in [0.5, 0.6) is 0 Å². The quantitative estimate of drug-likeness (QED) is 0.699. The van der Waals surface area contributed by atoms with Crippen LogP contribution < -0.4 is 5.73 Å². The zero-order valence-corrected chi connectivity index (χ0v) is 8.11. The van der Waals surface area contributed by atoms with Crippen molar-refractivity contribution in [1.29, 1.82) is 0 Å². The third-order valence-corrected chi connectivity index (χ3v) is 2.16. The number of hydrogen-bond acceptors (Lipinski definition) is 1.